The maximum atomic E-state index is 12.4. The molecule has 1 aliphatic rings. The highest BCUT2D eigenvalue weighted by Gasteiger charge is 2.35. The van der Waals surface area contributed by atoms with Crippen molar-refractivity contribution in [1.82, 2.24) is 4.90 Å². The summed E-state index contributed by atoms with van der Waals surface area (Å²) in [5.41, 5.74) is 5.57. The fourth-order valence-electron chi connectivity index (χ4n) is 2.09. The Morgan fingerprint density at radius 1 is 1.61 bits per heavy atom. The van der Waals surface area contributed by atoms with E-state index in [0.717, 1.165) is 0 Å². The molecule has 2 unspecified atom stereocenters. The smallest absolute Gasteiger partial charge is 0.234 e. The maximum Gasteiger partial charge on any atom is 0.234 e. The second kappa shape index (κ2) is 6.55. The molecule has 2 atom stereocenters. The molecule has 0 aromatic carbocycles. The predicted molar refractivity (Wildman–Crippen MR) is 65.1 cm³/mol. The average Bonchev–Trinajstić information content (AvgIpc) is 2.37. The number of aliphatic hydroxyl groups excluding tert-OH is 1. The van der Waals surface area contributed by atoms with Gasteiger partial charge in [0.2, 0.25) is 5.91 Å². The number of aliphatic hydroxyl groups is 1. The van der Waals surface area contributed by atoms with Crippen LogP contribution in [0.4, 0.5) is 0 Å². The molecule has 0 saturated carbocycles. The van der Waals surface area contributed by atoms with Crippen molar-refractivity contribution in [2.24, 2.45) is 22.7 Å². The van der Waals surface area contributed by atoms with E-state index in [2.05, 4.69) is 5.16 Å². The number of carbonyl (C=O) groups excluding carboxylic acids is 1. The third-order valence-corrected chi connectivity index (χ3v) is 3.09. The molecule has 0 spiro atoms. The first-order valence-electron chi connectivity index (χ1n) is 5.99. The molecule has 18 heavy (non-hydrogen) atoms. The van der Waals surface area contributed by atoms with E-state index in [4.69, 9.17) is 15.7 Å². The molecule has 0 bridgehead atoms. The van der Waals surface area contributed by atoms with Crippen molar-refractivity contribution in [3.05, 3.63) is 0 Å². The Hall–Kier alpha value is -1.34. The highest BCUT2D eigenvalue weighted by atomic mass is 16.5. The largest absolute Gasteiger partial charge is 0.409 e. The second-order valence-electron chi connectivity index (χ2n) is 4.69. The molecule has 0 aromatic rings. The number of hydrogen-bond acceptors (Lipinski definition) is 5. The van der Waals surface area contributed by atoms with E-state index in [1.807, 2.05) is 13.8 Å². The van der Waals surface area contributed by atoms with Crippen LogP contribution in [0.2, 0.25) is 0 Å². The molecular weight excluding hydrogens is 238 g/mol. The fourth-order valence-corrected chi connectivity index (χ4v) is 2.09. The molecule has 4 N–H and O–H groups in total. The zero-order valence-electron chi connectivity index (χ0n) is 10.7. The molecule has 104 valence electrons. The maximum absolute atomic E-state index is 12.4. The van der Waals surface area contributed by atoms with Crippen molar-refractivity contribution in [3.63, 3.8) is 0 Å². The molecule has 1 saturated heterocycles. The number of amidine groups is 1. The van der Waals surface area contributed by atoms with E-state index in [0.29, 0.717) is 19.8 Å². The zero-order chi connectivity index (χ0) is 13.7. The van der Waals surface area contributed by atoms with Gasteiger partial charge in [0.15, 0.2) is 5.84 Å². The lowest BCUT2D eigenvalue weighted by atomic mass is 9.92. The van der Waals surface area contributed by atoms with Crippen LogP contribution in [0.5, 0.6) is 0 Å². The lowest BCUT2D eigenvalue weighted by molar-refractivity contribution is -0.145. The van der Waals surface area contributed by atoms with E-state index >= 15 is 0 Å². The van der Waals surface area contributed by atoms with Gasteiger partial charge in [-0.25, -0.2) is 0 Å². The van der Waals surface area contributed by atoms with Crippen LogP contribution in [0, 0.1) is 11.8 Å². The fraction of sp³-hybridized carbons (Fsp3) is 0.818. The summed E-state index contributed by atoms with van der Waals surface area (Å²) in [5.74, 6) is -1.10. The Morgan fingerprint density at radius 2 is 2.28 bits per heavy atom. The van der Waals surface area contributed by atoms with E-state index in [9.17, 15) is 9.90 Å². The Morgan fingerprint density at radius 3 is 2.78 bits per heavy atom. The number of hydrogen-bond donors (Lipinski definition) is 3. The quantitative estimate of drug-likeness (QED) is 0.266. The third kappa shape index (κ3) is 3.11. The third-order valence-electron chi connectivity index (χ3n) is 3.09. The number of nitrogens with zero attached hydrogens (tertiary/aromatic N) is 2. The van der Waals surface area contributed by atoms with Crippen molar-refractivity contribution in [2.45, 2.75) is 19.9 Å². The van der Waals surface area contributed by atoms with Gasteiger partial charge in [-0.15, -0.1) is 0 Å². The van der Waals surface area contributed by atoms with Crippen LogP contribution in [0.3, 0.4) is 0 Å². The molecule has 7 heteroatoms. The number of oxime groups is 1. The van der Waals surface area contributed by atoms with Crippen LogP contribution >= 0.6 is 0 Å². The van der Waals surface area contributed by atoms with Gasteiger partial charge in [0, 0.05) is 6.54 Å². The van der Waals surface area contributed by atoms with Gasteiger partial charge in [0.05, 0.1) is 25.9 Å². The van der Waals surface area contributed by atoms with E-state index < -0.39 is 5.92 Å². The molecular formula is C11H21N3O4. The van der Waals surface area contributed by atoms with Crippen molar-refractivity contribution < 1.29 is 19.8 Å². The van der Waals surface area contributed by atoms with Gasteiger partial charge in [-0.2, -0.15) is 0 Å². The Labute approximate surface area is 106 Å². The molecule has 1 heterocycles. The molecule has 1 rings (SSSR count). The first-order valence-corrected chi connectivity index (χ1v) is 5.99. The minimum atomic E-state index is -0.679. The van der Waals surface area contributed by atoms with E-state index in [1.54, 1.807) is 4.90 Å². The summed E-state index contributed by atoms with van der Waals surface area (Å²) >= 11 is 0. The first kappa shape index (κ1) is 14.7. The predicted octanol–water partition coefficient (Wildman–Crippen LogP) is -0.775. The topological polar surface area (TPSA) is 108 Å². The summed E-state index contributed by atoms with van der Waals surface area (Å²) in [7, 11) is 0. The molecule has 1 fully saturated rings. The van der Waals surface area contributed by atoms with E-state index in [-0.39, 0.29) is 30.3 Å². The minimum absolute atomic E-state index is 0.0874. The Bertz CT molecular complexity index is 319. The standard InChI is InChI=1S/C11H21N3O4/c1-7(2)9(10(12)13-17)11(16)14-3-4-18-6-8(14)5-15/h7-9,15,17H,3-6H2,1-2H3,(H2,12,13). The number of carbonyl (C=O) groups is 1. The number of morpholine rings is 1. The van der Waals surface area contributed by atoms with Gasteiger partial charge < -0.3 is 25.7 Å². The van der Waals surface area contributed by atoms with Crippen molar-refractivity contribution in [2.75, 3.05) is 26.4 Å². The molecule has 0 aromatic heterocycles. The normalized spacial score (nSPS) is 23.2. The second-order valence-corrected chi connectivity index (χ2v) is 4.69. The van der Waals surface area contributed by atoms with Crippen LogP contribution in [-0.2, 0) is 9.53 Å². The van der Waals surface area contributed by atoms with Gasteiger partial charge in [-0.05, 0) is 5.92 Å². The van der Waals surface area contributed by atoms with Gasteiger partial charge in [-0.1, -0.05) is 19.0 Å². The summed E-state index contributed by atoms with van der Waals surface area (Å²) in [4.78, 5) is 13.9. The van der Waals surface area contributed by atoms with Gasteiger partial charge in [0.25, 0.3) is 0 Å². The van der Waals surface area contributed by atoms with Crippen molar-refractivity contribution >= 4 is 11.7 Å². The minimum Gasteiger partial charge on any atom is -0.409 e. The van der Waals surface area contributed by atoms with Crippen LogP contribution in [0.1, 0.15) is 13.8 Å². The first-order chi connectivity index (χ1) is 8.52. The summed E-state index contributed by atoms with van der Waals surface area (Å²) in [5, 5.41) is 20.9. The summed E-state index contributed by atoms with van der Waals surface area (Å²) in [6.07, 6.45) is 0. The molecule has 1 aliphatic heterocycles. The monoisotopic (exact) mass is 259 g/mol. The summed E-state index contributed by atoms with van der Waals surface area (Å²) in [6, 6.07) is -0.362. The number of amides is 1. The van der Waals surface area contributed by atoms with Gasteiger partial charge in [-0.3, -0.25) is 4.79 Å². The number of nitrogens with two attached hydrogens (primary N) is 1. The highest BCUT2D eigenvalue weighted by molar-refractivity contribution is 6.02. The lowest BCUT2D eigenvalue weighted by Crippen LogP contribution is -2.55. The van der Waals surface area contributed by atoms with Crippen LogP contribution in [0.15, 0.2) is 5.16 Å². The van der Waals surface area contributed by atoms with Crippen LogP contribution in [0.25, 0.3) is 0 Å². The van der Waals surface area contributed by atoms with Crippen LogP contribution in [-0.4, -0.2) is 59.4 Å². The SMILES string of the molecule is CC(C)C(C(=O)N1CCOCC1CO)C(N)=NO. The summed E-state index contributed by atoms with van der Waals surface area (Å²) < 4.78 is 5.22. The Kier molecular flexibility index (Phi) is 5.36. The molecule has 1 amide bonds. The Balaban J connectivity index is 2.87. The molecule has 0 aliphatic carbocycles. The highest BCUT2D eigenvalue weighted by Crippen LogP contribution is 2.18. The zero-order valence-corrected chi connectivity index (χ0v) is 10.7. The van der Waals surface area contributed by atoms with E-state index in [1.165, 1.54) is 0 Å². The average molecular weight is 259 g/mol. The number of ether oxygens (including phenoxy) is 1. The van der Waals surface area contributed by atoms with Crippen molar-refractivity contribution in [1.29, 1.82) is 0 Å². The van der Waals surface area contributed by atoms with Crippen molar-refractivity contribution in [3.8, 4) is 0 Å². The lowest BCUT2D eigenvalue weighted by Gasteiger charge is -2.37. The van der Waals surface area contributed by atoms with Gasteiger partial charge in [0.1, 0.15) is 5.92 Å². The van der Waals surface area contributed by atoms with Gasteiger partial charge >= 0.3 is 0 Å². The van der Waals surface area contributed by atoms with Crippen LogP contribution < -0.4 is 5.73 Å². The summed E-state index contributed by atoms with van der Waals surface area (Å²) in [6.45, 7) is 4.65. The molecule has 0 radical (unpaired) electrons. The number of rotatable bonds is 4. The molecule has 7 nitrogen and oxygen atoms in total.